The molecule has 3 rings (SSSR count). The number of phenols is 1. The summed E-state index contributed by atoms with van der Waals surface area (Å²) in [6, 6.07) is 4.03. The van der Waals surface area contributed by atoms with E-state index >= 15 is 0 Å². The Morgan fingerprint density at radius 3 is 2.26 bits per heavy atom. The van der Waals surface area contributed by atoms with E-state index in [1.807, 2.05) is 38.6 Å². The van der Waals surface area contributed by atoms with Gasteiger partial charge in [-0.3, -0.25) is 4.90 Å². The molecule has 1 amide bonds. The lowest BCUT2D eigenvalue weighted by atomic mass is 9.88. The number of carbonyl (C=O) groups excluding carboxylic acids is 1. The van der Waals surface area contributed by atoms with Crippen molar-refractivity contribution in [3.05, 3.63) is 23.3 Å². The molecule has 0 radical (unpaired) electrons. The van der Waals surface area contributed by atoms with E-state index < -0.39 is 5.60 Å². The van der Waals surface area contributed by atoms with Crippen molar-refractivity contribution in [1.29, 1.82) is 0 Å². The molecule has 1 saturated heterocycles. The normalized spacial score (nSPS) is 16.6. The summed E-state index contributed by atoms with van der Waals surface area (Å²) in [6.07, 6.45) is 2.35. The van der Waals surface area contributed by atoms with Crippen LogP contribution in [0.1, 0.15) is 86.3 Å². The third-order valence-electron chi connectivity index (χ3n) is 5.93. The number of aromatic amines is 1. The summed E-state index contributed by atoms with van der Waals surface area (Å²) >= 11 is 1.86. The summed E-state index contributed by atoms with van der Waals surface area (Å²) in [5, 5.41) is 16.3. The van der Waals surface area contributed by atoms with Gasteiger partial charge in [0.05, 0.1) is 10.5 Å². The van der Waals surface area contributed by atoms with Crippen molar-refractivity contribution in [2.75, 3.05) is 13.1 Å². The number of aromatic nitrogens is 1. The number of nitrogens with one attached hydrogen (secondary N) is 2. The maximum Gasteiger partial charge on any atom is 0.407 e. The van der Waals surface area contributed by atoms with E-state index in [0.717, 1.165) is 43.4 Å². The molecule has 6 nitrogen and oxygen atoms in total. The second-order valence-corrected chi connectivity index (χ2v) is 14.9. The average molecular weight is 504 g/mol. The number of ether oxygens (including phenoxy) is 1. The molecule has 1 aliphatic rings. The number of aromatic hydroxyl groups is 1. The molecular formula is C28H45N3O3S. The summed E-state index contributed by atoms with van der Waals surface area (Å²) < 4.78 is 5.49. The maximum absolute atomic E-state index is 12.1. The minimum atomic E-state index is -0.493. The molecule has 7 heteroatoms. The van der Waals surface area contributed by atoms with Crippen LogP contribution < -0.4 is 5.32 Å². The highest BCUT2D eigenvalue weighted by atomic mass is 32.2. The Hall–Kier alpha value is -1.86. The van der Waals surface area contributed by atoms with Gasteiger partial charge in [-0.15, -0.1) is 11.8 Å². The fourth-order valence-corrected chi connectivity index (χ4v) is 5.61. The highest BCUT2D eigenvalue weighted by Gasteiger charge is 2.27. The molecule has 1 aromatic heterocycles. The Morgan fingerprint density at radius 1 is 1.09 bits per heavy atom. The number of thioether (sulfide) groups is 1. The Labute approximate surface area is 215 Å². The number of hydrogen-bond donors (Lipinski definition) is 3. The van der Waals surface area contributed by atoms with E-state index in [2.05, 4.69) is 62.8 Å². The minimum absolute atomic E-state index is 0.0821. The maximum atomic E-state index is 12.1. The van der Waals surface area contributed by atoms with Crippen LogP contribution in [0.25, 0.3) is 10.9 Å². The second-order valence-electron chi connectivity index (χ2n) is 13.1. The first-order valence-electron chi connectivity index (χ1n) is 12.8. The first-order chi connectivity index (χ1) is 16.0. The Bertz CT molecular complexity index is 1030. The van der Waals surface area contributed by atoms with Gasteiger partial charge in [-0.25, -0.2) is 4.79 Å². The van der Waals surface area contributed by atoms with Gasteiger partial charge in [0.1, 0.15) is 11.4 Å². The number of piperidine rings is 1. The van der Waals surface area contributed by atoms with Crippen molar-refractivity contribution in [1.82, 2.24) is 15.2 Å². The minimum Gasteiger partial charge on any atom is -0.508 e. The molecule has 0 atom stereocenters. The lowest BCUT2D eigenvalue weighted by molar-refractivity contribution is 0.0477. The summed E-state index contributed by atoms with van der Waals surface area (Å²) in [5.74, 6) is 0.336. The molecule has 196 valence electrons. The Kier molecular flexibility index (Phi) is 8.12. The molecule has 2 heterocycles. The van der Waals surface area contributed by atoms with Gasteiger partial charge in [-0.2, -0.15) is 0 Å². The summed E-state index contributed by atoms with van der Waals surface area (Å²) in [7, 11) is 0. The number of alkyl carbamates (subject to hydrolysis) is 1. The van der Waals surface area contributed by atoms with Crippen LogP contribution in [0.3, 0.4) is 0 Å². The fourth-order valence-electron chi connectivity index (χ4n) is 4.53. The number of amides is 1. The molecule has 0 spiro atoms. The SMILES string of the molecule is CC(C)(C)Cc1c(SC(C)(C)C)[nH]c2c(CN3CCC(NC(=O)OC(C)(C)C)CC3)c(O)ccc12. The molecule has 1 fully saturated rings. The topological polar surface area (TPSA) is 77.6 Å². The highest BCUT2D eigenvalue weighted by Crippen LogP contribution is 2.42. The van der Waals surface area contributed by atoms with Gasteiger partial charge in [-0.1, -0.05) is 41.5 Å². The van der Waals surface area contributed by atoms with Crippen LogP contribution in [0, 0.1) is 5.41 Å². The fraction of sp³-hybridized carbons (Fsp3) is 0.679. The molecule has 1 aromatic carbocycles. The third kappa shape index (κ3) is 8.07. The van der Waals surface area contributed by atoms with E-state index in [0.29, 0.717) is 12.3 Å². The van der Waals surface area contributed by atoms with Crippen LogP contribution in [-0.2, 0) is 17.7 Å². The van der Waals surface area contributed by atoms with E-state index in [9.17, 15) is 9.90 Å². The van der Waals surface area contributed by atoms with Crippen LogP contribution in [0.2, 0.25) is 0 Å². The molecule has 0 unspecified atom stereocenters. The number of fused-ring (bicyclic) bond motifs is 1. The molecular weight excluding hydrogens is 458 g/mol. The molecule has 0 aliphatic carbocycles. The molecule has 0 saturated carbocycles. The number of likely N-dealkylation sites (tertiary alicyclic amines) is 1. The Morgan fingerprint density at radius 2 is 1.71 bits per heavy atom. The van der Waals surface area contributed by atoms with Gasteiger partial charge < -0.3 is 20.1 Å². The highest BCUT2D eigenvalue weighted by molar-refractivity contribution is 8.00. The molecule has 2 aromatic rings. The number of nitrogens with zero attached hydrogens (tertiary/aromatic N) is 1. The quantitative estimate of drug-likeness (QED) is 0.389. The summed E-state index contributed by atoms with van der Waals surface area (Å²) in [6.45, 7) is 21.5. The van der Waals surface area contributed by atoms with Crippen molar-refractivity contribution in [3.63, 3.8) is 0 Å². The summed E-state index contributed by atoms with van der Waals surface area (Å²) in [4.78, 5) is 18.2. The molecule has 3 N–H and O–H groups in total. The second kappa shape index (κ2) is 10.3. The molecule has 35 heavy (non-hydrogen) atoms. The first-order valence-corrected chi connectivity index (χ1v) is 13.6. The number of H-pyrrole nitrogens is 1. The van der Waals surface area contributed by atoms with Gasteiger partial charge >= 0.3 is 6.09 Å². The van der Waals surface area contributed by atoms with Gasteiger partial charge in [0.25, 0.3) is 0 Å². The van der Waals surface area contributed by atoms with Crippen molar-refractivity contribution in [2.24, 2.45) is 5.41 Å². The van der Waals surface area contributed by atoms with E-state index in [4.69, 9.17) is 4.74 Å². The van der Waals surface area contributed by atoms with Crippen LogP contribution in [-0.4, -0.2) is 50.6 Å². The summed E-state index contributed by atoms with van der Waals surface area (Å²) in [5.41, 5.74) is 3.01. The van der Waals surface area contributed by atoms with Crippen molar-refractivity contribution < 1.29 is 14.6 Å². The Balaban J connectivity index is 1.79. The smallest absolute Gasteiger partial charge is 0.407 e. The first kappa shape index (κ1) is 27.7. The van der Waals surface area contributed by atoms with Gasteiger partial charge in [0, 0.05) is 41.4 Å². The van der Waals surface area contributed by atoms with E-state index in [-0.39, 0.29) is 22.3 Å². The lowest BCUT2D eigenvalue weighted by Gasteiger charge is -2.33. The zero-order valence-electron chi connectivity index (χ0n) is 23.1. The van der Waals surface area contributed by atoms with Gasteiger partial charge in [0.15, 0.2) is 0 Å². The standard InChI is InChI=1S/C28H45N3O3S/c1-26(2,3)16-20-19-10-11-22(32)21(23(19)30-24(20)35-28(7,8)9)17-31-14-12-18(13-15-31)29-25(33)34-27(4,5)6/h10-11,18,30,32H,12-17H2,1-9H3,(H,29,33). The van der Waals surface area contributed by atoms with Gasteiger partial charge in [-0.05, 0) is 63.1 Å². The van der Waals surface area contributed by atoms with Crippen molar-refractivity contribution in [3.8, 4) is 5.75 Å². The predicted molar refractivity (Wildman–Crippen MR) is 146 cm³/mol. The monoisotopic (exact) mass is 503 g/mol. The molecule has 0 bridgehead atoms. The van der Waals surface area contributed by atoms with Crippen LogP contribution in [0.5, 0.6) is 5.75 Å². The zero-order valence-corrected chi connectivity index (χ0v) is 23.9. The average Bonchev–Trinajstić information content (AvgIpc) is 2.98. The third-order valence-corrected chi connectivity index (χ3v) is 7.10. The lowest BCUT2D eigenvalue weighted by Crippen LogP contribution is -2.45. The number of benzene rings is 1. The number of hydrogen-bond acceptors (Lipinski definition) is 5. The van der Waals surface area contributed by atoms with E-state index in [1.54, 1.807) is 0 Å². The van der Waals surface area contributed by atoms with Crippen molar-refractivity contribution >= 4 is 28.8 Å². The van der Waals surface area contributed by atoms with Gasteiger partial charge in [0.2, 0.25) is 0 Å². The number of rotatable bonds is 5. The predicted octanol–water partition coefficient (Wildman–Crippen LogP) is 6.84. The number of carbonyl (C=O) groups is 1. The molecule has 1 aliphatic heterocycles. The van der Waals surface area contributed by atoms with Crippen molar-refractivity contribution in [2.45, 2.75) is 110 Å². The van der Waals surface area contributed by atoms with Crippen LogP contribution in [0.15, 0.2) is 17.2 Å². The zero-order chi connectivity index (χ0) is 26.2. The van der Waals surface area contributed by atoms with E-state index in [1.165, 1.54) is 16.0 Å². The van der Waals surface area contributed by atoms with Crippen LogP contribution >= 0.6 is 11.8 Å². The largest absolute Gasteiger partial charge is 0.508 e. The van der Waals surface area contributed by atoms with Crippen LogP contribution in [0.4, 0.5) is 4.79 Å². The number of phenolic OH excluding ortho intramolecular Hbond substituents is 1.